The molecule has 2 rings (SSSR count). The fourth-order valence-corrected chi connectivity index (χ4v) is 2.38. The maximum atomic E-state index is 8.91. The van der Waals surface area contributed by atoms with Crippen LogP contribution in [0.1, 0.15) is 12.8 Å². The number of anilines is 1. The number of thioether (sulfide) groups is 1. The van der Waals surface area contributed by atoms with Crippen LogP contribution in [0.15, 0.2) is 22.6 Å². The zero-order valence-corrected chi connectivity index (χ0v) is 10.5. The zero-order chi connectivity index (χ0) is 12.3. The van der Waals surface area contributed by atoms with Gasteiger partial charge in [-0.15, -0.1) is 0 Å². The van der Waals surface area contributed by atoms with Crippen molar-refractivity contribution < 1.29 is 9.52 Å². The van der Waals surface area contributed by atoms with Crippen LogP contribution in [0.3, 0.4) is 0 Å². The van der Waals surface area contributed by atoms with E-state index in [-0.39, 0.29) is 6.61 Å². The molecule has 0 aliphatic rings. The first-order valence-electron chi connectivity index (χ1n) is 5.52. The van der Waals surface area contributed by atoms with E-state index in [1.165, 1.54) is 0 Å². The molecule has 0 aliphatic heterocycles. The largest absolute Gasteiger partial charge is 0.440 e. The Labute approximate surface area is 104 Å². The van der Waals surface area contributed by atoms with E-state index in [2.05, 4.69) is 4.98 Å². The number of benzene rings is 1. The standard InChI is InChI=1S/C12H16N2O2S/c1-8(5-15)6-17-7-12-14-10-4-9(13)2-3-11(10)16-12/h2-4,8,15H,5-7,13H2,1H3. The summed E-state index contributed by atoms with van der Waals surface area (Å²) in [7, 11) is 0. The van der Waals surface area contributed by atoms with Crippen molar-refractivity contribution in [2.75, 3.05) is 18.1 Å². The molecule has 1 aromatic heterocycles. The van der Waals surface area contributed by atoms with E-state index >= 15 is 0 Å². The second kappa shape index (κ2) is 5.42. The van der Waals surface area contributed by atoms with Gasteiger partial charge in [0.25, 0.3) is 0 Å². The maximum Gasteiger partial charge on any atom is 0.205 e. The zero-order valence-electron chi connectivity index (χ0n) is 9.72. The Balaban J connectivity index is 1.99. The van der Waals surface area contributed by atoms with Gasteiger partial charge in [-0.3, -0.25) is 0 Å². The van der Waals surface area contributed by atoms with Crippen molar-refractivity contribution in [3.63, 3.8) is 0 Å². The quantitative estimate of drug-likeness (QED) is 0.799. The molecule has 0 saturated carbocycles. The Morgan fingerprint density at radius 1 is 1.53 bits per heavy atom. The topological polar surface area (TPSA) is 72.3 Å². The number of rotatable bonds is 5. The fourth-order valence-electron chi connectivity index (χ4n) is 1.45. The molecular formula is C12H16N2O2S. The van der Waals surface area contributed by atoms with Crippen LogP contribution in [-0.2, 0) is 5.75 Å². The molecule has 1 heterocycles. The highest BCUT2D eigenvalue weighted by Crippen LogP contribution is 2.21. The minimum Gasteiger partial charge on any atom is -0.440 e. The van der Waals surface area contributed by atoms with Crippen LogP contribution in [0.25, 0.3) is 11.1 Å². The van der Waals surface area contributed by atoms with Gasteiger partial charge in [0, 0.05) is 12.3 Å². The van der Waals surface area contributed by atoms with Gasteiger partial charge in [-0.2, -0.15) is 11.8 Å². The highest BCUT2D eigenvalue weighted by atomic mass is 32.2. The number of aliphatic hydroxyl groups excluding tert-OH is 1. The second-order valence-electron chi connectivity index (χ2n) is 4.14. The third-order valence-electron chi connectivity index (χ3n) is 2.40. The monoisotopic (exact) mass is 252 g/mol. The molecule has 0 saturated heterocycles. The fraction of sp³-hybridized carbons (Fsp3) is 0.417. The number of hydrogen-bond acceptors (Lipinski definition) is 5. The molecule has 1 aromatic carbocycles. The van der Waals surface area contributed by atoms with Crippen LogP contribution < -0.4 is 5.73 Å². The van der Waals surface area contributed by atoms with Crippen molar-refractivity contribution in [1.82, 2.24) is 4.98 Å². The van der Waals surface area contributed by atoms with Gasteiger partial charge in [-0.05, 0) is 29.9 Å². The predicted molar refractivity (Wildman–Crippen MR) is 70.8 cm³/mol. The third kappa shape index (κ3) is 3.14. The van der Waals surface area contributed by atoms with E-state index in [0.717, 1.165) is 22.6 Å². The first-order chi connectivity index (χ1) is 8.19. The van der Waals surface area contributed by atoms with Crippen molar-refractivity contribution in [3.05, 3.63) is 24.1 Å². The number of hydrogen-bond donors (Lipinski definition) is 2. The number of oxazole rings is 1. The normalized spacial score (nSPS) is 13.1. The maximum absolute atomic E-state index is 8.91. The van der Waals surface area contributed by atoms with Crippen LogP contribution >= 0.6 is 11.8 Å². The lowest BCUT2D eigenvalue weighted by Crippen LogP contribution is -2.03. The van der Waals surface area contributed by atoms with Gasteiger partial charge >= 0.3 is 0 Å². The SMILES string of the molecule is CC(CO)CSCc1nc2cc(N)ccc2o1. The van der Waals surface area contributed by atoms with Crippen LogP contribution in [0.4, 0.5) is 5.69 Å². The minimum absolute atomic E-state index is 0.219. The minimum atomic E-state index is 0.219. The van der Waals surface area contributed by atoms with Crippen LogP contribution in [-0.4, -0.2) is 22.5 Å². The molecule has 17 heavy (non-hydrogen) atoms. The van der Waals surface area contributed by atoms with Gasteiger partial charge in [0.05, 0.1) is 5.75 Å². The molecule has 5 heteroatoms. The summed E-state index contributed by atoms with van der Waals surface area (Å²) in [6.45, 7) is 2.23. The Morgan fingerprint density at radius 2 is 2.35 bits per heavy atom. The predicted octanol–water partition coefficient (Wildman–Crippen LogP) is 2.27. The molecule has 0 fully saturated rings. The molecule has 0 aliphatic carbocycles. The van der Waals surface area contributed by atoms with Crippen molar-refractivity contribution in [3.8, 4) is 0 Å². The molecule has 4 nitrogen and oxygen atoms in total. The van der Waals surface area contributed by atoms with E-state index in [9.17, 15) is 0 Å². The van der Waals surface area contributed by atoms with E-state index in [0.29, 0.717) is 17.5 Å². The molecule has 0 spiro atoms. The summed E-state index contributed by atoms with van der Waals surface area (Å²) in [6, 6.07) is 5.45. The van der Waals surface area contributed by atoms with Crippen molar-refractivity contribution in [2.45, 2.75) is 12.7 Å². The van der Waals surface area contributed by atoms with Crippen molar-refractivity contribution >= 4 is 28.5 Å². The number of nitrogens with two attached hydrogens (primary N) is 1. The first kappa shape index (κ1) is 12.3. The van der Waals surface area contributed by atoms with Gasteiger partial charge in [-0.1, -0.05) is 6.92 Å². The second-order valence-corrected chi connectivity index (χ2v) is 5.17. The summed E-state index contributed by atoms with van der Waals surface area (Å²) in [6.07, 6.45) is 0. The summed E-state index contributed by atoms with van der Waals surface area (Å²) < 4.78 is 5.59. The Kier molecular flexibility index (Phi) is 3.91. The van der Waals surface area contributed by atoms with E-state index < -0.39 is 0 Å². The average molecular weight is 252 g/mol. The third-order valence-corrected chi connectivity index (χ3v) is 3.65. The molecule has 0 amide bonds. The van der Waals surface area contributed by atoms with E-state index in [1.807, 2.05) is 19.1 Å². The molecule has 0 bridgehead atoms. The summed E-state index contributed by atoms with van der Waals surface area (Å²) >= 11 is 1.71. The molecule has 2 aromatic rings. The number of aromatic nitrogens is 1. The number of nitrogen functional groups attached to an aromatic ring is 1. The van der Waals surface area contributed by atoms with Crippen molar-refractivity contribution in [2.24, 2.45) is 5.92 Å². The number of aliphatic hydroxyl groups is 1. The Bertz CT molecular complexity index is 498. The summed E-state index contributed by atoms with van der Waals surface area (Å²) in [5, 5.41) is 8.91. The highest BCUT2D eigenvalue weighted by molar-refractivity contribution is 7.98. The first-order valence-corrected chi connectivity index (χ1v) is 6.68. The van der Waals surface area contributed by atoms with Crippen LogP contribution in [0, 0.1) is 5.92 Å². The number of nitrogens with zero attached hydrogens (tertiary/aromatic N) is 1. The molecule has 1 atom stereocenters. The molecule has 1 unspecified atom stereocenters. The molecule has 92 valence electrons. The summed E-state index contributed by atoms with van der Waals surface area (Å²) in [5.74, 6) is 2.64. The van der Waals surface area contributed by atoms with Gasteiger partial charge < -0.3 is 15.3 Å². The van der Waals surface area contributed by atoms with E-state index in [4.69, 9.17) is 15.3 Å². The lowest BCUT2D eigenvalue weighted by molar-refractivity contribution is 0.250. The lowest BCUT2D eigenvalue weighted by Gasteiger charge is -2.04. The number of fused-ring (bicyclic) bond motifs is 1. The smallest absolute Gasteiger partial charge is 0.205 e. The van der Waals surface area contributed by atoms with Gasteiger partial charge in [0.15, 0.2) is 5.58 Å². The van der Waals surface area contributed by atoms with E-state index in [1.54, 1.807) is 17.8 Å². The summed E-state index contributed by atoms with van der Waals surface area (Å²) in [4.78, 5) is 4.37. The molecular weight excluding hydrogens is 236 g/mol. The highest BCUT2D eigenvalue weighted by Gasteiger charge is 2.07. The molecule has 3 N–H and O–H groups in total. The molecule has 0 radical (unpaired) electrons. The average Bonchev–Trinajstić information content (AvgIpc) is 2.70. The van der Waals surface area contributed by atoms with Crippen LogP contribution in [0.5, 0.6) is 0 Å². The Morgan fingerprint density at radius 3 is 3.12 bits per heavy atom. The summed E-state index contributed by atoms with van der Waals surface area (Å²) in [5.41, 5.74) is 7.94. The van der Waals surface area contributed by atoms with Gasteiger partial charge in [-0.25, -0.2) is 4.98 Å². The van der Waals surface area contributed by atoms with Gasteiger partial charge in [0.2, 0.25) is 5.89 Å². The van der Waals surface area contributed by atoms with Crippen LogP contribution in [0.2, 0.25) is 0 Å². The lowest BCUT2D eigenvalue weighted by atomic mass is 10.2. The Hall–Kier alpha value is -1.20. The van der Waals surface area contributed by atoms with Crippen molar-refractivity contribution in [1.29, 1.82) is 0 Å². The van der Waals surface area contributed by atoms with Gasteiger partial charge in [0.1, 0.15) is 5.52 Å².